The third-order valence-electron chi connectivity index (χ3n) is 2.48. The largest absolute Gasteiger partial charge is 0.292 e. The summed E-state index contributed by atoms with van der Waals surface area (Å²) in [5, 5.41) is 19.6. The van der Waals surface area contributed by atoms with E-state index in [4.69, 9.17) is 5.26 Å². The van der Waals surface area contributed by atoms with Crippen LogP contribution in [0.15, 0.2) is 18.5 Å². The highest BCUT2D eigenvalue weighted by atomic mass is 16.6. The SMILES string of the molecule is N#CC1(c2ccncc2[N+](=O)[O-])CC1. The van der Waals surface area contributed by atoms with Crippen molar-refractivity contribution in [2.75, 3.05) is 0 Å². The fourth-order valence-corrected chi connectivity index (χ4v) is 1.50. The van der Waals surface area contributed by atoms with Crippen LogP contribution in [0, 0.1) is 21.4 Å². The first-order chi connectivity index (χ1) is 6.69. The number of pyridine rings is 1. The van der Waals surface area contributed by atoms with Crippen molar-refractivity contribution in [2.45, 2.75) is 18.3 Å². The zero-order valence-corrected chi connectivity index (χ0v) is 7.30. The Balaban J connectivity index is 2.54. The lowest BCUT2D eigenvalue weighted by molar-refractivity contribution is -0.386. The van der Waals surface area contributed by atoms with E-state index in [1.54, 1.807) is 6.07 Å². The standard InChI is InChI=1S/C9H7N3O2/c10-6-9(2-3-9)7-1-4-11-5-8(7)12(13)14/h1,4-5H,2-3H2. The van der Waals surface area contributed by atoms with Crippen molar-refractivity contribution < 1.29 is 4.92 Å². The summed E-state index contributed by atoms with van der Waals surface area (Å²) < 4.78 is 0. The van der Waals surface area contributed by atoms with E-state index >= 15 is 0 Å². The summed E-state index contributed by atoms with van der Waals surface area (Å²) in [5.41, 5.74) is -0.169. The highest BCUT2D eigenvalue weighted by Gasteiger charge is 2.48. The summed E-state index contributed by atoms with van der Waals surface area (Å²) in [6.45, 7) is 0. The molecule has 5 heteroatoms. The van der Waals surface area contributed by atoms with Crippen LogP contribution in [-0.2, 0) is 5.41 Å². The molecule has 0 saturated heterocycles. The number of rotatable bonds is 2. The highest BCUT2D eigenvalue weighted by Crippen LogP contribution is 2.50. The number of nitro groups is 1. The molecule has 1 aromatic rings. The van der Waals surface area contributed by atoms with Crippen molar-refractivity contribution in [3.63, 3.8) is 0 Å². The Hall–Kier alpha value is -1.96. The second kappa shape index (κ2) is 2.77. The molecule has 0 spiro atoms. The van der Waals surface area contributed by atoms with E-state index in [0.29, 0.717) is 18.4 Å². The van der Waals surface area contributed by atoms with Gasteiger partial charge in [-0.1, -0.05) is 0 Å². The van der Waals surface area contributed by atoms with E-state index in [2.05, 4.69) is 11.1 Å². The number of aromatic nitrogens is 1. The van der Waals surface area contributed by atoms with Crippen LogP contribution in [0.2, 0.25) is 0 Å². The second-order valence-electron chi connectivity index (χ2n) is 3.34. The van der Waals surface area contributed by atoms with Gasteiger partial charge >= 0.3 is 0 Å². The molecule has 0 N–H and O–H groups in total. The molecule has 1 aromatic heterocycles. The monoisotopic (exact) mass is 189 g/mol. The maximum Gasteiger partial charge on any atom is 0.292 e. The zero-order chi connectivity index (χ0) is 10.2. The Kier molecular flexibility index (Phi) is 1.71. The molecule has 2 rings (SSSR count). The molecule has 0 amide bonds. The maximum atomic E-state index is 10.7. The van der Waals surface area contributed by atoms with Crippen molar-refractivity contribution in [3.8, 4) is 6.07 Å². The van der Waals surface area contributed by atoms with Gasteiger partial charge in [0.1, 0.15) is 6.20 Å². The lowest BCUT2D eigenvalue weighted by Gasteiger charge is -2.05. The quantitative estimate of drug-likeness (QED) is 0.522. The summed E-state index contributed by atoms with van der Waals surface area (Å²) in [7, 11) is 0. The number of nitrogens with zero attached hydrogens (tertiary/aromatic N) is 3. The molecule has 70 valence electrons. The van der Waals surface area contributed by atoms with Crippen LogP contribution in [0.3, 0.4) is 0 Å². The van der Waals surface area contributed by atoms with Crippen LogP contribution < -0.4 is 0 Å². The predicted molar refractivity (Wildman–Crippen MR) is 47.4 cm³/mol. The van der Waals surface area contributed by atoms with Crippen LogP contribution in [0.5, 0.6) is 0 Å². The average Bonchev–Trinajstić information content (AvgIpc) is 2.98. The summed E-state index contributed by atoms with van der Waals surface area (Å²) in [6.07, 6.45) is 4.09. The first kappa shape index (κ1) is 8.63. The fraction of sp³-hybridized carbons (Fsp3) is 0.333. The van der Waals surface area contributed by atoms with Crippen LogP contribution in [0.4, 0.5) is 5.69 Å². The van der Waals surface area contributed by atoms with Crippen LogP contribution in [0.1, 0.15) is 18.4 Å². The third-order valence-corrected chi connectivity index (χ3v) is 2.48. The number of hydrogen-bond donors (Lipinski definition) is 0. The average molecular weight is 189 g/mol. The predicted octanol–water partition coefficient (Wildman–Crippen LogP) is 1.54. The third kappa shape index (κ3) is 1.12. The molecule has 0 radical (unpaired) electrons. The Labute approximate surface area is 80.2 Å². The molecule has 1 fully saturated rings. The summed E-state index contributed by atoms with van der Waals surface area (Å²) in [5.74, 6) is 0. The number of nitriles is 1. The van der Waals surface area contributed by atoms with E-state index in [1.165, 1.54) is 12.4 Å². The smallest absolute Gasteiger partial charge is 0.258 e. The van der Waals surface area contributed by atoms with Crippen molar-refractivity contribution in [1.82, 2.24) is 4.98 Å². The van der Waals surface area contributed by atoms with Gasteiger partial charge in [0.15, 0.2) is 0 Å². The first-order valence-corrected chi connectivity index (χ1v) is 4.20. The Morgan fingerprint density at radius 2 is 2.36 bits per heavy atom. The van der Waals surface area contributed by atoms with Gasteiger partial charge in [0.05, 0.1) is 22.0 Å². The molecule has 0 bridgehead atoms. The summed E-state index contributed by atoms with van der Waals surface area (Å²) >= 11 is 0. The minimum absolute atomic E-state index is 0.0495. The summed E-state index contributed by atoms with van der Waals surface area (Å²) in [6, 6.07) is 3.70. The molecule has 14 heavy (non-hydrogen) atoms. The van der Waals surface area contributed by atoms with E-state index in [-0.39, 0.29) is 5.69 Å². The van der Waals surface area contributed by atoms with Gasteiger partial charge in [-0.25, -0.2) is 0 Å². The fourth-order valence-electron chi connectivity index (χ4n) is 1.50. The van der Waals surface area contributed by atoms with Crippen LogP contribution in [-0.4, -0.2) is 9.91 Å². The lowest BCUT2D eigenvalue weighted by Crippen LogP contribution is -2.07. The van der Waals surface area contributed by atoms with E-state index in [0.717, 1.165) is 0 Å². The van der Waals surface area contributed by atoms with Gasteiger partial charge in [-0.15, -0.1) is 0 Å². The molecule has 1 aliphatic carbocycles. The van der Waals surface area contributed by atoms with Crippen molar-refractivity contribution in [3.05, 3.63) is 34.1 Å². The zero-order valence-electron chi connectivity index (χ0n) is 7.30. The highest BCUT2D eigenvalue weighted by molar-refractivity contribution is 5.50. The minimum Gasteiger partial charge on any atom is -0.258 e. The van der Waals surface area contributed by atoms with E-state index < -0.39 is 10.3 Å². The Morgan fingerprint density at radius 3 is 2.86 bits per heavy atom. The molecule has 0 aliphatic heterocycles. The molecule has 0 unspecified atom stereocenters. The van der Waals surface area contributed by atoms with E-state index in [9.17, 15) is 10.1 Å². The van der Waals surface area contributed by atoms with Gasteiger partial charge < -0.3 is 0 Å². The number of hydrogen-bond acceptors (Lipinski definition) is 4. The molecular formula is C9H7N3O2. The van der Waals surface area contributed by atoms with Gasteiger partial charge in [0.2, 0.25) is 0 Å². The van der Waals surface area contributed by atoms with Crippen molar-refractivity contribution in [1.29, 1.82) is 5.26 Å². The van der Waals surface area contributed by atoms with Gasteiger partial charge in [-0.05, 0) is 18.9 Å². The van der Waals surface area contributed by atoms with Gasteiger partial charge in [0, 0.05) is 6.20 Å². The molecule has 0 aromatic carbocycles. The molecule has 0 atom stereocenters. The summed E-state index contributed by atoms with van der Waals surface area (Å²) in [4.78, 5) is 13.9. The van der Waals surface area contributed by atoms with Crippen molar-refractivity contribution >= 4 is 5.69 Å². The first-order valence-electron chi connectivity index (χ1n) is 4.20. The van der Waals surface area contributed by atoms with Gasteiger partial charge in [-0.3, -0.25) is 15.1 Å². The molecule has 1 heterocycles. The van der Waals surface area contributed by atoms with Crippen LogP contribution in [0.25, 0.3) is 0 Å². The molecule has 5 nitrogen and oxygen atoms in total. The van der Waals surface area contributed by atoms with Gasteiger partial charge in [-0.2, -0.15) is 5.26 Å². The molecule has 1 saturated carbocycles. The molecular weight excluding hydrogens is 182 g/mol. The normalized spacial score (nSPS) is 17.1. The second-order valence-corrected chi connectivity index (χ2v) is 3.34. The van der Waals surface area contributed by atoms with E-state index in [1.807, 2.05) is 0 Å². The van der Waals surface area contributed by atoms with Gasteiger partial charge in [0.25, 0.3) is 5.69 Å². The topological polar surface area (TPSA) is 79.8 Å². The Bertz CT molecular complexity index is 432. The van der Waals surface area contributed by atoms with Crippen LogP contribution >= 0.6 is 0 Å². The maximum absolute atomic E-state index is 10.7. The minimum atomic E-state index is -0.620. The lowest BCUT2D eigenvalue weighted by atomic mass is 9.97. The Morgan fingerprint density at radius 1 is 1.64 bits per heavy atom. The molecule has 1 aliphatic rings. The van der Waals surface area contributed by atoms with Crippen molar-refractivity contribution in [2.24, 2.45) is 0 Å².